The summed E-state index contributed by atoms with van der Waals surface area (Å²) >= 11 is 1.38. The van der Waals surface area contributed by atoms with Gasteiger partial charge in [-0.1, -0.05) is 11.3 Å². The van der Waals surface area contributed by atoms with Gasteiger partial charge >= 0.3 is 0 Å². The summed E-state index contributed by atoms with van der Waals surface area (Å²) in [5, 5.41) is 5.97. The van der Waals surface area contributed by atoms with E-state index in [2.05, 4.69) is 10.6 Å². The van der Waals surface area contributed by atoms with Crippen LogP contribution >= 0.6 is 11.3 Å². The zero-order chi connectivity index (χ0) is 23.9. The molecule has 2 amide bonds. The molecule has 2 heterocycles. The molecule has 4 aromatic rings. The van der Waals surface area contributed by atoms with Gasteiger partial charge in [0.25, 0.3) is 5.91 Å². The summed E-state index contributed by atoms with van der Waals surface area (Å²) < 4.78 is 15.6. The number of aromatic nitrogens is 1. The molecule has 0 saturated heterocycles. The van der Waals surface area contributed by atoms with Crippen LogP contribution in [0.5, 0.6) is 11.5 Å². The second-order valence-electron chi connectivity index (χ2n) is 7.19. The molecule has 4 rings (SSSR count). The number of rotatable bonds is 9. The fraction of sp³-hybridized carbons (Fsp3) is 0.160. The summed E-state index contributed by atoms with van der Waals surface area (Å²) in [6, 6.07) is 18.5. The van der Waals surface area contributed by atoms with E-state index in [4.69, 9.17) is 18.9 Å². The lowest BCUT2D eigenvalue weighted by Gasteiger charge is -2.05. The van der Waals surface area contributed by atoms with E-state index in [1.807, 2.05) is 48.5 Å². The van der Waals surface area contributed by atoms with E-state index >= 15 is 0 Å². The number of thiazole rings is 1. The van der Waals surface area contributed by atoms with Crippen LogP contribution in [0.1, 0.15) is 17.0 Å². The van der Waals surface area contributed by atoms with Gasteiger partial charge in [0.1, 0.15) is 11.5 Å². The molecule has 2 N–H and O–H groups in total. The van der Waals surface area contributed by atoms with Gasteiger partial charge in [-0.3, -0.25) is 9.59 Å². The molecule has 8 nitrogen and oxygen atoms in total. The highest BCUT2D eigenvalue weighted by atomic mass is 32.1. The van der Waals surface area contributed by atoms with Crippen molar-refractivity contribution in [3.8, 4) is 33.2 Å². The van der Waals surface area contributed by atoms with Crippen LogP contribution < -0.4 is 20.1 Å². The van der Waals surface area contributed by atoms with Crippen molar-refractivity contribution in [1.82, 2.24) is 10.3 Å². The zero-order valence-electron chi connectivity index (χ0n) is 18.7. The molecule has 9 heteroatoms. The van der Waals surface area contributed by atoms with Gasteiger partial charge < -0.3 is 24.5 Å². The highest BCUT2D eigenvalue weighted by Crippen LogP contribution is 2.40. The van der Waals surface area contributed by atoms with Crippen molar-refractivity contribution in [2.45, 2.75) is 6.42 Å². The number of amides is 2. The molecule has 2 aromatic heterocycles. The maximum absolute atomic E-state index is 12.5. The largest absolute Gasteiger partial charge is 0.497 e. The van der Waals surface area contributed by atoms with Crippen LogP contribution in [0.25, 0.3) is 21.7 Å². The van der Waals surface area contributed by atoms with Crippen LogP contribution in [-0.4, -0.2) is 37.6 Å². The molecule has 34 heavy (non-hydrogen) atoms. The Bertz CT molecular complexity index is 1180. The molecule has 174 valence electrons. The number of benzene rings is 2. The average molecular weight is 478 g/mol. The molecular weight excluding hydrogens is 454 g/mol. The first-order valence-corrected chi connectivity index (χ1v) is 11.3. The number of anilines is 1. The zero-order valence-corrected chi connectivity index (χ0v) is 19.5. The van der Waals surface area contributed by atoms with Crippen molar-refractivity contribution in [3.05, 3.63) is 72.7 Å². The van der Waals surface area contributed by atoms with E-state index in [1.165, 1.54) is 17.6 Å². The summed E-state index contributed by atoms with van der Waals surface area (Å²) in [7, 11) is 3.24. The minimum atomic E-state index is -0.365. The number of ether oxygens (including phenoxy) is 2. The SMILES string of the molecule is COc1ccc(-c2nc(NC(=O)CCNC(=O)c3ccco3)sc2-c2ccc(OC)cc2)cc1. The third kappa shape index (κ3) is 5.44. The third-order valence-corrected chi connectivity index (χ3v) is 5.99. The van der Waals surface area contributed by atoms with E-state index in [0.29, 0.717) is 5.13 Å². The van der Waals surface area contributed by atoms with Crippen LogP contribution in [0.15, 0.2) is 71.3 Å². The number of furan rings is 1. The van der Waals surface area contributed by atoms with Crippen LogP contribution in [0, 0.1) is 0 Å². The number of methoxy groups -OCH3 is 2. The number of nitrogens with one attached hydrogen (secondary N) is 2. The first kappa shape index (κ1) is 23.1. The molecule has 0 spiro atoms. The highest BCUT2D eigenvalue weighted by molar-refractivity contribution is 7.19. The van der Waals surface area contributed by atoms with E-state index in [0.717, 1.165) is 33.2 Å². The van der Waals surface area contributed by atoms with Crippen LogP contribution in [-0.2, 0) is 4.79 Å². The molecule has 0 unspecified atom stereocenters. The number of hydrogen-bond acceptors (Lipinski definition) is 7. The Morgan fingerprint density at radius 3 is 2.18 bits per heavy atom. The summed E-state index contributed by atoms with van der Waals surface area (Å²) in [5.41, 5.74) is 2.60. The van der Waals surface area contributed by atoms with Gasteiger partial charge in [-0.05, 0) is 66.2 Å². The molecular formula is C25H23N3O5S. The Kier molecular flexibility index (Phi) is 7.24. The van der Waals surface area contributed by atoms with Gasteiger partial charge in [-0.15, -0.1) is 0 Å². The Morgan fingerprint density at radius 2 is 1.59 bits per heavy atom. The molecule has 2 aromatic carbocycles. The van der Waals surface area contributed by atoms with Crippen molar-refractivity contribution >= 4 is 28.3 Å². The molecule has 0 aliphatic heterocycles. The maximum atomic E-state index is 12.5. The first-order valence-electron chi connectivity index (χ1n) is 10.5. The van der Waals surface area contributed by atoms with Gasteiger partial charge in [-0.2, -0.15) is 0 Å². The van der Waals surface area contributed by atoms with Gasteiger partial charge in [-0.25, -0.2) is 4.98 Å². The van der Waals surface area contributed by atoms with Crippen molar-refractivity contribution in [2.24, 2.45) is 0 Å². The number of carbonyl (C=O) groups is 2. The third-order valence-electron chi connectivity index (χ3n) is 4.97. The number of hydrogen-bond donors (Lipinski definition) is 2. The predicted molar refractivity (Wildman–Crippen MR) is 130 cm³/mol. The standard InChI is InChI=1S/C25H23N3O5S/c1-31-18-9-5-16(6-10-18)22-23(17-7-11-19(32-2)12-8-17)34-25(28-22)27-21(29)13-14-26-24(30)20-4-3-15-33-20/h3-12,15H,13-14H2,1-2H3,(H,26,30)(H,27,28,29). The summed E-state index contributed by atoms with van der Waals surface area (Å²) in [5.74, 6) is 1.08. The molecule has 0 aliphatic rings. The predicted octanol–water partition coefficient (Wildman–Crippen LogP) is 4.85. The molecule has 0 saturated carbocycles. The average Bonchev–Trinajstić information content (AvgIpc) is 3.55. The van der Waals surface area contributed by atoms with Gasteiger partial charge in [0.05, 0.1) is 31.1 Å². The summed E-state index contributed by atoms with van der Waals surface area (Å²) in [6.07, 6.45) is 1.52. The van der Waals surface area contributed by atoms with Crippen LogP contribution in [0.2, 0.25) is 0 Å². The summed E-state index contributed by atoms with van der Waals surface area (Å²) in [6.45, 7) is 0.174. The highest BCUT2D eigenvalue weighted by Gasteiger charge is 2.17. The lowest BCUT2D eigenvalue weighted by atomic mass is 10.1. The second-order valence-corrected chi connectivity index (χ2v) is 8.18. The first-order chi connectivity index (χ1) is 16.6. The normalized spacial score (nSPS) is 10.5. The molecule has 0 fully saturated rings. The van der Waals surface area contributed by atoms with Gasteiger partial charge in [0.2, 0.25) is 5.91 Å². The monoisotopic (exact) mass is 477 g/mol. The van der Waals surface area contributed by atoms with E-state index in [-0.39, 0.29) is 30.5 Å². The Labute approximate surface area is 200 Å². The Balaban J connectivity index is 1.50. The number of nitrogens with zero attached hydrogens (tertiary/aromatic N) is 1. The fourth-order valence-corrected chi connectivity index (χ4v) is 4.23. The molecule has 0 aliphatic carbocycles. The minimum absolute atomic E-state index is 0.0990. The fourth-order valence-electron chi connectivity index (χ4n) is 3.22. The lowest BCUT2D eigenvalue weighted by molar-refractivity contribution is -0.116. The van der Waals surface area contributed by atoms with E-state index in [9.17, 15) is 9.59 Å². The van der Waals surface area contributed by atoms with Gasteiger partial charge in [0, 0.05) is 18.5 Å². The second kappa shape index (κ2) is 10.7. The van der Waals surface area contributed by atoms with Crippen molar-refractivity contribution in [1.29, 1.82) is 0 Å². The minimum Gasteiger partial charge on any atom is -0.497 e. The maximum Gasteiger partial charge on any atom is 0.286 e. The van der Waals surface area contributed by atoms with E-state index < -0.39 is 0 Å². The smallest absolute Gasteiger partial charge is 0.286 e. The summed E-state index contributed by atoms with van der Waals surface area (Å²) in [4.78, 5) is 30.0. The Morgan fingerprint density at radius 1 is 0.941 bits per heavy atom. The van der Waals surface area contributed by atoms with Crippen molar-refractivity contribution < 1.29 is 23.5 Å². The quantitative estimate of drug-likeness (QED) is 0.357. The molecule has 0 atom stereocenters. The molecule has 0 radical (unpaired) electrons. The lowest BCUT2D eigenvalue weighted by Crippen LogP contribution is -2.27. The molecule has 0 bridgehead atoms. The topological polar surface area (TPSA) is 103 Å². The van der Waals surface area contributed by atoms with Crippen molar-refractivity contribution in [3.63, 3.8) is 0 Å². The van der Waals surface area contributed by atoms with Crippen molar-refractivity contribution in [2.75, 3.05) is 26.1 Å². The Hall–Kier alpha value is -4.11. The number of carbonyl (C=O) groups excluding carboxylic acids is 2. The van der Waals surface area contributed by atoms with Crippen LogP contribution in [0.4, 0.5) is 5.13 Å². The van der Waals surface area contributed by atoms with Crippen LogP contribution in [0.3, 0.4) is 0 Å². The van der Waals surface area contributed by atoms with Gasteiger partial charge in [0.15, 0.2) is 10.9 Å². The van der Waals surface area contributed by atoms with E-state index in [1.54, 1.807) is 26.4 Å².